The Hall–Kier alpha value is -0.380. The number of aliphatic hydroxyl groups is 2. The number of hydrogen-bond acceptors (Lipinski definition) is 3. The third-order valence-corrected chi connectivity index (χ3v) is 4.06. The van der Waals surface area contributed by atoms with Crippen LogP contribution in [0.25, 0.3) is 0 Å². The molecule has 3 heteroatoms. The fourth-order valence-electron chi connectivity index (χ4n) is 2.64. The van der Waals surface area contributed by atoms with Crippen molar-refractivity contribution in [3.05, 3.63) is 11.6 Å². The van der Waals surface area contributed by atoms with E-state index in [9.17, 15) is 10.2 Å². The Morgan fingerprint density at radius 1 is 1.29 bits per heavy atom. The predicted octanol–water partition coefficient (Wildman–Crippen LogP) is 1.97. The van der Waals surface area contributed by atoms with Gasteiger partial charge in [0.1, 0.15) is 6.10 Å². The molecule has 3 atom stereocenters. The van der Waals surface area contributed by atoms with Gasteiger partial charge in [-0.05, 0) is 44.6 Å². The molecule has 0 amide bonds. The molecule has 0 bridgehead atoms. The van der Waals surface area contributed by atoms with Gasteiger partial charge in [-0.25, -0.2) is 0 Å². The number of aliphatic hydroxyl groups excluding tert-OH is 2. The van der Waals surface area contributed by atoms with Gasteiger partial charge in [0.15, 0.2) is 0 Å². The molecule has 1 fully saturated rings. The van der Waals surface area contributed by atoms with Crippen molar-refractivity contribution in [3.8, 4) is 0 Å². The second-order valence-electron chi connectivity index (χ2n) is 5.34. The highest BCUT2D eigenvalue weighted by atomic mass is 16.3. The molecular weight excluding hydrogens is 214 g/mol. The van der Waals surface area contributed by atoms with Crippen molar-refractivity contribution in [1.29, 1.82) is 0 Å². The standard InChI is InChI=1S/C14H27NO2/c1-3-10(2)14(17)13(16)9-12(15)11-7-5-4-6-8-11/h3,11-14,16-17H,4-9,15H2,1-2H3. The fraction of sp³-hybridized carbons (Fsp3) is 0.857. The Bertz CT molecular complexity index is 247. The van der Waals surface area contributed by atoms with Crippen molar-refractivity contribution in [1.82, 2.24) is 0 Å². The lowest BCUT2D eigenvalue weighted by Gasteiger charge is -2.30. The molecule has 1 saturated carbocycles. The van der Waals surface area contributed by atoms with E-state index >= 15 is 0 Å². The molecule has 1 rings (SSSR count). The maximum Gasteiger partial charge on any atom is 0.101 e. The second kappa shape index (κ2) is 7.14. The van der Waals surface area contributed by atoms with E-state index in [1.807, 2.05) is 19.9 Å². The van der Waals surface area contributed by atoms with E-state index in [4.69, 9.17) is 5.73 Å². The van der Waals surface area contributed by atoms with Crippen LogP contribution >= 0.6 is 0 Å². The van der Waals surface area contributed by atoms with E-state index in [0.717, 1.165) is 5.57 Å². The summed E-state index contributed by atoms with van der Waals surface area (Å²) in [5, 5.41) is 19.8. The predicted molar refractivity (Wildman–Crippen MR) is 70.6 cm³/mol. The molecule has 1 aliphatic carbocycles. The lowest BCUT2D eigenvalue weighted by atomic mass is 9.81. The zero-order valence-corrected chi connectivity index (χ0v) is 11.1. The van der Waals surface area contributed by atoms with Crippen molar-refractivity contribution in [2.75, 3.05) is 0 Å². The van der Waals surface area contributed by atoms with E-state index in [0.29, 0.717) is 12.3 Å². The van der Waals surface area contributed by atoms with Gasteiger partial charge in [-0.2, -0.15) is 0 Å². The molecule has 100 valence electrons. The zero-order valence-electron chi connectivity index (χ0n) is 11.1. The van der Waals surface area contributed by atoms with Crippen LogP contribution < -0.4 is 5.73 Å². The summed E-state index contributed by atoms with van der Waals surface area (Å²) in [7, 11) is 0. The monoisotopic (exact) mass is 241 g/mol. The Morgan fingerprint density at radius 3 is 2.41 bits per heavy atom. The number of hydrogen-bond donors (Lipinski definition) is 3. The molecule has 4 N–H and O–H groups in total. The summed E-state index contributed by atoms with van der Waals surface area (Å²) in [5.41, 5.74) is 6.95. The van der Waals surface area contributed by atoms with E-state index < -0.39 is 12.2 Å². The molecule has 0 aromatic heterocycles. The summed E-state index contributed by atoms with van der Waals surface area (Å²) in [6.07, 6.45) is 7.00. The molecule has 3 unspecified atom stereocenters. The van der Waals surface area contributed by atoms with Gasteiger partial charge in [0, 0.05) is 6.04 Å². The average Bonchev–Trinajstić information content (AvgIpc) is 2.37. The van der Waals surface area contributed by atoms with E-state index in [2.05, 4.69) is 0 Å². The summed E-state index contributed by atoms with van der Waals surface area (Å²) in [6.45, 7) is 3.70. The topological polar surface area (TPSA) is 66.5 Å². The van der Waals surface area contributed by atoms with Crippen LogP contribution in [0, 0.1) is 5.92 Å². The minimum absolute atomic E-state index is 0.0182. The molecule has 0 aliphatic heterocycles. The van der Waals surface area contributed by atoms with Crippen molar-refractivity contribution in [3.63, 3.8) is 0 Å². The smallest absolute Gasteiger partial charge is 0.101 e. The van der Waals surface area contributed by atoms with Gasteiger partial charge in [-0.1, -0.05) is 25.3 Å². The maximum absolute atomic E-state index is 9.95. The first kappa shape index (κ1) is 14.7. The molecule has 0 heterocycles. The highest BCUT2D eigenvalue weighted by molar-refractivity contribution is 5.05. The van der Waals surface area contributed by atoms with Gasteiger partial charge in [0.05, 0.1) is 6.10 Å². The Labute approximate surface area is 105 Å². The normalized spacial score (nSPS) is 24.4. The third-order valence-electron chi connectivity index (χ3n) is 4.06. The SMILES string of the molecule is CC=C(C)C(O)C(O)CC(N)C1CCCCC1. The van der Waals surface area contributed by atoms with E-state index in [1.54, 1.807) is 0 Å². The van der Waals surface area contributed by atoms with Gasteiger partial charge in [-0.3, -0.25) is 0 Å². The number of rotatable bonds is 5. The largest absolute Gasteiger partial charge is 0.390 e. The molecule has 0 saturated heterocycles. The summed E-state index contributed by atoms with van der Waals surface area (Å²) in [6, 6.07) is 0.0182. The molecule has 0 spiro atoms. The molecule has 0 radical (unpaired) electrons. The van der Waals surface area contributed by atoms with Gasteiger partial charge in [0.25, 0.3) is 0 Å². The zero-order chi connectivity index (χ0) is 12.8. The average molecular weight is 241 g/mol. The van der Waals surface area contributed by atoms with Crippen LogP contribution in [0.5, 0.6) is 0 Å². The number of allylic oxidation sites excluding steroid dienone is 1. The Balaban J connectivity index is 2.41. The highest BCUT2D eigenvalue weighted by Gasteiger charge is 2.26. The van der Waals surface area contributed by atoms with Gasteiger partial charge >= 0.3 is 0 Å². The molecule has 3 nitrogen and oxygen atoms in total. The lowest BCUT2D eigenvalue weighted by molar-refractivity contribution is 0.0266. The summed E-state index contributed by atoms with van der Waals surface area (Å²) >= 11 is 0. The van der Waals surface area contributed by atoms with Crippen LogP contribution in [0.1, 0.15) is 52.4 Å². The van der Waals surface area contributed by atoms with E-state index in [1.165, 1.54) is 32.1 Å². The van der Waals surface area contributed by atoms with Crippen molar-refractivity contribution in [2.45, 2.75) is 70.6 Å². The first-order chi connectivity index (χ1) is 8.06. The molecule has 17 heavy (non-hydrogen) atoms. The van der Waals surface area contributed by atoms with Crippen LogP contribution in [-0.4, -0.2) is 28.5 Å². The fourth-order valence-corrected chi connectivity index (χ4v) is 2.64. The summed E-state index contributed by atoms with van der Waals surface area (Å²) in [4.78, 5) is 0. The quantitative estimate of drug-likeness (QED) is 0.645. The van der Waals surface area contributed by atoms with Crippen LogP contribution in [0.15, 0.2) is 11.6 Å². The van der Waals surface area contributed by atoms with Crippen molar-refractivity contribution < 1.29 is 10.2 Å². The highest BCUT2D eigenvalue weighted by Crippen LogP contribution is 2.27. The van der Waals surface area contributed by atoms with Gasteiger partial charge < -0.3 is 15.9 Å². The number of nitrogens with two attached hydrogens (primary N) is 1. The first-order valence-electron chi connectivity index (χ1n) is 6.80. The summed E-state index contributed by atoms with van der Waals surface area (Å²) < 4.78 is 0. The third kappa shape index (κ3) is 4.41. The molecule has 1 aliphatic rings. The van der Waals surface area contributed by atoms with Gasteiger partial charge in [-0.15, -0.1) is 0 Å². The minimum atomic E-state index is -0.769. The van der Waals surface area contributed by atoms with Crippen LogP contribution in [0.4, 0.5) is 0 Å². The Morgan fingerprint density at radius 2 is 1.88 bits per heavy atom. The van der Waals surface area contributed by atoms with Crippen LogP contribution in [-0.2, 0) is 0 Å². The summed E-state index contributed by atoms with van der Waals surface area (Å²) in [5.74, 6) is 0.525. The van der Waals surface area contributed by atoms with Crippen LogP contribution in [0.2, 0.25) is 0 Å². The molecule has 0 aromatic rings. The van der Waals surface area contributed by atoms with Crippen LogP contribution in [0.3, 0.4) is 0 Å². The molecular formula is C14H27NO2. The first-order valence-corrected chi connectivity index (χ1v) is 6.80. The molecule has 0 aromatic carbocycles. The lowest BCUT2D eigenvalue weighted by Crippen LogP contribution is -2.39. The second-order valence-corrected chi connectivity index (χ2v) is 5.34. The van der Waals surface area contributed by atoms with Crippen molar-refractivity contribution in [2.24, 2.45) is 11.7 Å². The Kier molecular flexibility index (Phi) is 6.17. The van der Waals surface area contributed by atoms with Gasteiger partial charge in [0.2, 0.25) is 0 Å². The minimum Gasteiger partial charge on any atom is -0.390 e. The van der Waals surface area contributed by atoms with Crippen molar-refractivity contribution >= 4 is 0 Å². The maximum atomic E-state index is 9.95. The van der Waals surface area contributed by atoms with E-state index in [-0.39, 0.29) is 6.04 Å².